The van der Waals surface area contributed by atoms with Crippen LogP contribution in [-0.2, 0) is 9.59 Å². The lowest BCUT2D eigenvalue weighted by Gasteiger charge is -2.23. The van der Waals surface area contributed by atoms with Crippen molar-refractivity contribution in [2.75, 3.05) is 20.1 Å². The number of carbonyl (C=O) groups excluding carboxylic acids is 2. The van der Waals surface area contributed by atoms with Crippen molar-refractivity contribution < 1.29 is 9.59 Å². The van der Waals surface area contributed by atoms with Crippen molar-refractivity contribution in [3.63, 3.8) is 0 Å². The van der Waals surface area contributed by atoms with E-state index < -0.39 is 0 Å². The van der Waals surface area contributed by atoms with E-state index in [-0.39, 0.29) is 36.5 Å². The van der Waals surface area contributed by atoms with Gasteiger partial charge < -0.3 is 10.6 Å². The van der Waals surface area contributed by atoms with E-state index in [1.807, 2.05) is 45.9 Å². The molecule has 140 valence electrons. The zero-order valence-electron chi connectivity index (χ0n) is 16.3. The first kappa shape index (κ1) is 19.9. The molecule has 0 fully saturated rings. The molecule has 0 radical (unpaired) electrons. The predicted molar refractivity (Wildman–Crippen MR) is 106 cm³/mol. The molecular weight excluding hydrogens is 326 g/mol. The van der Waals surface area contributed by atoms with Crippen LogP contribution in [0.15, 0.2) is 42.5 Å². The van der Waals surface area contributed by atoms with Crippen LogP contribution in [0.5, 0.6) is 0 Å². The Morgan fingerprint density at radius 1 is 1.00 bits per heavy atom. The second-order valence-corrected chi connectivity index (χ2v) is 7.87. The highest BCUT2D eigenvalue weighted by Crippen LogP contribution is 2.20. The summed E-state index contributed by atoms with van der Waals surface area (Å²) in [7, 11) is 1.77. The number of benzene rings is 2. The maximum atomic E-state index is 12.3. The third-order valence-electron chi connectivity index (χ3n) is 3.99. The van der Waals surface area contributed by atoms with Crippen molar-refractivity contribution in [1.29, 1.82) is 0 Å². The van der Waals surface area contributed by atoms with Gasteiger partial charge in [0.05, 0.1) is 19.1 Å². The summed E-state index contributed by atoms with van der Waals surface area (Å²) in [5, 5.41) is 8.23. The molecule has 0 unspecified atom stereocenters. The van der Waals surface area contributed by atoms with Crippen LogP contribution in [0.25, 0.3) is 10.8 Å². The van der Waals surface area contributed by atoms with Crippen LogP contribution in [0.3, 0.4) is 0 Å². The fraction of sp³-hybridized carbons (Fsp3) is 0.429. The molecule has 0 aromatic heterocycles. The number of hydrogen-bond donors (Lipinski definition) is 2. The highest BCUT2D eigenvalue weighted by molar-refractivity contribution is 5.84. The van der Waals surface area contributed by atoms with E-state index in [0.29, 0.717) is 0 Å². The predicted octanol–water partition coefficient (Wildman–Crippen LogP) is 2.86. The molecule has 2 N–H and O–H groups in total. The standard InChI is InChI=1S/C21H29N3O2/c1-15(17-11-10-16-8-6-7-9-18(16)12-17)22-19(25)13-24(5)14-20(26)23-21(2,3)4/h6-12,15H,13-14H2,1-5H3,(H,22,25)(H,23,26)/t15-/m0/s1. The Kier molecular flexibility index (Phi) is 6.37. The van der Waals surface area contributed by atoms with Gasteiger partial charge in [0.1, 0.15) is 0 Å². The minimum absolute atomic E-state index is 0.0876. The summed E-state index contributed by atoms with van der Waals surface area (Å²) in [5.41, 5.74) is 0.787. The molecule has 0 spiro atoms. The van der Waals surface area contributed by atoms with Crippen LogP contribution < -0.4 is 10.6 Å². The highest BCUT2D eigenvalue weighted by Gasteiger charge is 2.17. The van der Waals surface area contributed by atoms with Gasteiger partial charge in [-0.25, -0.2) is 0 Å². The molecule has 0 saturated carbocycles. The minimum Gasteiger partial charge on any atom is -0.350 e. The molecule has 5 heteroatoms. The summed E-state index contributed by atoms with van der Waals surface area (Å²) in [6.45, 7) is 8.13. The van der Waals surface area contributed by atoms with E-state index in [4.69, 9.17) is 0 Å². The van der Waals surface area contributed by atoms with Crippen molar-refractivity contribution in [1.82, 2.24) is 15.5 Å². The largest absolute Gasteiger partial charge is 0.350 e. The van der Waals surface area contributed by atoms with Gasteiger partial charge in [0.2, 0.25) is 11.8 Å². The average Bonchev–Trinajstić information content (AvgIpc) is 2.51. The molecule has 0 saturated heterocycles. The first-order valence-corrected chi connectivity index (χ1v) is 8.92. The monoisotopic (exact) mass is 355 g/mol. The molecule has 2 rings (SSSR count). The Balaban J connectivity index is 1.88. The quantitative estimate of drug-likeness (QED) is 0.838. The smallest absolute Gasteiger partial charge is 0.234 e. The lowest BCUT2D eigenvalue weighted by Crippen LogP contribution is -2.47. The Hall–Kier alpha value is -2.40. The summed E-state index contributed by atoms with van der Waals surface area (Å²) in [6, 6.07) is 14.3. The molecule has 2 aromatic rings. The van der Waals surface area contributed by atoms with E-state index in [1.54, 1.807) is 11.9 Å². The van der Waals surface area contributed by atoms with Crippen molar-refractivity contribution in [2.45, 2.75) is 39.3 Å². The number of nitrogens with one attached hydrogen (secondary N) is 2. The van der Waals surface area contributed by atoms with Crippen molar-refractivity contribution >= 4 is 22.6 Å². The van der Waals surface area contributed by atoms with Gasteiger partial charge >= 0.3 is 0 Å². The second-order valence-electron chi connectivity index (χ2n) is 7.87. The summed E-state index contributed by atoms with van der Waals surface area (Å²) in [5.74, 6) is -0.188. The molecule has 1 atom stereocenters. The zero-order chi connectivity index (χ0) is 19.3. The molecule has 2 amide bonds. The van der Waals surface area contributed by atoms with Crippen LogP contribution >= 0.6 is 0 Å². The van der Waals surface area contributed by atoms with E-state index in [2.05, 4.69) is 34.9 Å². The Morgan fingerprint density at radius 3 is 2.27 bits per heavy atom. The van der Waals surface area contributed by atoms with Gasteiger partial charge in [-0.05, 0) is 57.1 Å². The van der Waals surface area contributed by atoms with E-state index in [9.17, 15) is 9.59 Å². The van der Waals surface area contributed by atoms with Crippen molar-refractivity contribution in [3.8, 4) is 0 Å². The molecular formula is C21H29N3O2. The SMILES string of the molecule is C[C@H](NC(=O)CN(C)CC(=O)NC(C)(C)C)c1ccc2ccccc2c1. The van der Waals surface area contributed by atoms with Gasteiger partial charge in [-0.15, -0.1) is 0 Å². The molecule has 0 aliphatic carbocycles. The summed E-state index contributed by atoms with van der Waals surface area (Å²) in [4.78, 5) is 25.9. The van der Waals surface area contributed by atoms with Gasteiger partial charge in [0.25, 0.3) is 0 Å². The van der Waals surface area contributed by atoms with Crippen molar-refractivity contribution in [3.05, 3.63) is 48.0 Å². The Bertz CT molecular complexity index is 780. The Labute approximate surface area is 155 Å². The maximum Gasteiger partial charge on any atom is 0.234 e. The molecule has 0 aliphatic rings. The first-order chi connectivity index (χ1) is 12.1. The van der Waals surface area contributed by atoms with Gasteiger partial charge in [0.15, 0.2) is 0 Å². The maximum absolute atomic E-state index is 12.3. The number of hydrogen-bond acceptors (Lipinski definition) is 3. The summed E-state index contributed by atoms with van der Waals surface area (Å²) < 4.78 is 0. The average molecular weight is 355 g/mol. The van der Waals surface area contributed by atoms with Crippen LogP contribution in [-0.4, -0.2) is 42.4 Å². The molecule has 2 aromatic carbocycles. The first-order valence-electron chi connectivity index (χ1n) is 8.92. The topological polar surface area (TPSA) is 61.4 Å². The lowest BCUT2D eigenvalue weighted by molar-refractivity contribution is -0.125. The third-order valence-corrected chi connectivity index (χ3v) is 3.99. The summed E-state index contributed by atoms with van der Waals surface area (Å²) in [6.07, 6.45) is 0. The molecule has 0 heterocycles. The van der Waals surface area contributed by atoms with Gasteiger partial charge in [-0.3, -0.25) is 14.5 Å². The highest BCUT2D eigenvalue weighted by atomic mass is 16.2. The van der Waals surface area contributed by atoms with Crippen molar-refractivity contribution in [2.24, 2.45) is 0 Å². The minimum atomic E-state index is -0.273. The molecule has 0 aliphatic heterocycles. The molecule has 26 heavy (non-hydrogen) atoms. The van der Waals surface area contributed by atoms with Gasteiger partial charge in [-0.2, -0.15) is 0 Å². The van der Waals surface area contributed by atoms with E-state index >= 15 is 0 Å². The Morgan fingerprint density at radius 2 is 1.62 bits per heavy atom. The number of likely N-dealkylation sites (N-methyl/N-ethyl adjacent to an activating group) is 1. The lowest BCUT2D eigenvalue weighted by atomic mass is 10.0. The molecule has 5 nitrogen and oxygen atoms in total. The number of nitrogens with zero attached hydrogens (tertiary/aromatic N) is 1. The normalized spacial score (nSPS) is 12.8. The second kappa shape index (κ2) is 8.32. The van der Waals surface area contributed by atoms with Gasteiger partial charge in [0, 0.05) is 5.54 Å². The number of carbonyl (C=O) groups is 2. The number of amides is 2. The van der Waals surface area contributed by atoms with Crippen LogP contribution in [0.1, 0.15) is 39.3 Å². The van der Waals surface area contributed by atoms with E-state index in [1.165, 1.54) is 5.39 Å². The van der Waals surface area contributed by atoms with Crippen LogP contribution in [0.4, 0.5) is 0 Å². The summed E-state index contributed by atoms with van der Waals surface area (Å²) >= 11 is 0. The van der Waals surface area contributed by atoms with E-state index in [0.717, 1.165) is 10.9 Å². The molecule has 0 bridgehead atoms. The van der Waals surface area contributed by atoms with Crippen LogP contribution in [0, 0.1) is 0 Å². The zero-order valence-corrected chi connectivity index (χ0v) is 16.3. The fourth-order valence-corrected chi connectivity index (χ4v) is 2.85. The van der Waals surface area contributed by atoms with Crippen LogP contribution in [0.2, 0.25) is 0 Å². The number of fused-ring (bicyclic) bond motifs is 1. The fourth-order valence-electron chi connectivity index (χ4n) is 2.85. The number of rotatable bonds is 6. The third kappa shape index (κ3) is 6.15. The van der Waals surface area contributed by atoms with Gasteiger partial charge in [-0.1, -0.05) is 36.4 Å².